The summed E-state index contributed by atoms with van der Waals surface area (Å²) in [4.78, 5) is 13.4. The van der Waals surface area contributed by atoms with Crippen LogP contribution in [-0.2, 0) is 4.79 Å². The molecule has 2 nitrogen and oxygen atoms in total. The van der Waals surface area contributed by atoms with E-state index < -0.39 is 0 Å². The third-order valence-corrected chi connectivity index (χ3v) is 9.30. The largest absolute Gasteiger partial charge is 0.462 e. The van der Waals surface area contributed by atoms with Crippen LogP contribution in [0.4, 0.5) is 0 Å². The zero-order chi connectivity index (χ0) is 18.8. The van der Waals surface area contributed by atoms with E-state index >= 15 is 0 Å². The number of Topliss-reactive ketones (excluding diaryl/α,β-unsaturated/α-hetero) is 1. The number of ketones is 1. The van der Waals surface area contributed by atoms with Gasteiger partial charge in [-0.05, 0) is 105 Å². The van der Waals surface area contributed by atoms with Crippen LogP contribution in [0, 0.1) is 41.4 Å². The van der Waals surface area contributed by atoms with Gasteiger partial charge < -0.3 is 4.42 Å². The van der Waals surface area contributed by atoms with E-state index in [1.54, 1.807) is 0 Å². The fourth-order valence-electron chi connectivity index (χ4n) is 7.80. The molecule has 4 saturated carbocycles. The first-order valence-electron chi connectivity index (χ1n) is 11.2. The molecule has 4 aliphatic carbocycles. The first-order chi connectivity index (χ1) is 12.9. The van der Waals surface area contributed by atoms with E-state index in [0.29, 0.717) is 17.1 Å². The number of rotatable bonds is 1. The predicted molar refractivity (Wildman–Crippen MR) is 108 cm³/mol. The van der Waals surface area contributed by atoms with Gasteiger partial charge in [-0.25, -0.2) is 0 Å². The van der Waals surface area contributed by atoms with E-state index in [1.165, 1.54) is 44.9 Å². The van der Waals surface area contributed by atoms with Gasteiger partial charge in [0.15, 0.2) is 5.78 Å². The van der Waals surface area contributed by atoms with Crippen molar-refractivity contribution in [1.82, 2.24) is 0 Å². The number of furan rings is 1. The molecule has 27 heavy (non-hydrogen) atoms. The molecule has 0 amide bonds. The van der Waals surface area contributed by atoms with Gasteiger partial charge in [0.05, 0.1) is 0 Å². The van der Waals surface area contributed by atoms with Crippen molar-refractivity contribution in [2.24, 2.45) is 34.5 Å². The Labute approximate surface area is 163 Å². The van der Waals surface area contributed by atoms with E-state index in [2.05, 4.69) is 13.8 Å². The summed E-state index contributed by atoms with van der Waals surface area (Å²) in [5, 5.41) is 0. The zero-order valence-corrected chi connectivity index (χ0v) is 17.2. The van der Waals surface area contributed by atoms with Crippen molar-refractivity contribution in [1.29, 1.82) is 0 Å². The number of hydrogen-bond acceptors (Lipinski definition) is 2. The molecule has 4 fully saturated rings. The van der Waals surface area contributed by atoms with Crippen molar-refractivity contribution >= 4 is 11.9 Å². The van der Waals surface area contributed by atoms with Gasteiger partial charge in [-0.2, -0.15) is 0 Å². The highest BCUT2D eigenvalue weighted by atomic mass is 16.3. The third-order valence-electron chi connectivity index (χ3n) is 9.30. The Hall–Kier alpha value is -1.31. The van der Waals surface area contributed by atoms with Gasteiger partial charge in [0, 0.05) is 5.41 Å². The molecule has 0 saturated heterocycles. The smallest absolute Gasteiger partial charge is 0.165 e. The summed E-state index contributed by atoms with van der Waals surface area (Å²) < 4.78 is 5.74. The Kier molecular flexibility index (Phi) is 4.01. The summed E-state index contributed by atoms with van der Waals surface area (Å²) in [5.41, 5.74) is 1.43. The van der Waals surface area contributed by atoms with Crippen LogP contribution in [0.25, 0.3) is 6.08 Å². The van der Waals surface area contributed by atoms with Gasteiger partial charge in [0.2, 0.25) is 0 Å². The fourth-order valence-corrected chi connectivity index (χ4v) is 7.80. The van der Waals surface area contributed by atoms with Gasteiger partial charge in [-0.1, -0.05) is 26.7 Å². The van der Waals surface area contributed by atoms with Gasteiger partial charge in [0.25, 0.3) is 0 Å². The summed E-state index contributed by atoms with van der Waals surface area (Å²) in [6, 6.07) is 3.98. The number of allylic oxidation sites excluding steroid dienone is 1. The third kappa shape index (κ3) is 2.54. The van der Waals surface area contributed by atoms with Crippen LogP contribution in [0.15, 0.2) is 22.1 Å². The number of aryl methyl sites for hydroxylation is 1. The molecule has 0 bridgehead atoms. The summed E-state index contributed by atoms with van der Waals surface area (Å²) in [7, 11) is 0. The van der Waals surface area contributed by atoms with E-state index in [9.17, 15) is 4.79 Å². The minimum absolute atomic E-state index is 0.132. The highest BCUT2D eigenvalue weighted by molar-refractivity contribution is 6.05. The summed E-state index contributed by atoms with van der Waals surface area (Å²) in [6.07, 6.45) is 13.8. The molecule has 1 aromatic rings. The van der Waals surface area contributed by atoms with E-state index in [4.69, 9.17) is 4.42 Å². The Morgan fingerprint density at radius 2 is 1.89 bits per heavy atom. The van der Waals surface area contributed by atoms with Crippen LogP contribution in [-0.4, -0.2) is 5.78 Å². The quantitative estimate of drug-likeness (QED) is 0.525. The monoisotopic (exact) mass is 366 g/mol. The minimum atomic E-state index is -0.132. The van der Waals surface area contributed by atoms with Gasteiger partial charge in [-0.3, -0.25) is 4.79 Å². The van der Waals surface area contributed by atoms with Crippen molar-refractivity contribution in [3.8, 4) is 0 Å². The van der Waals surface area contributed by atoms with Gasteiger partial charge in [0.1, 0.15) is 11.5 Å². The molecule has 0 aliphatic heterocycles. The van der Waals surface area contributed by atoms with E-state index in [0.717, 1.165) is 47.7 Å². The van der Waals surface area contributed by atoms with Gasteiger partial charge >= 0.3 is 0 Å². The Bertz CT molecular complexity index is 786. The second-order valence-electron chi connectivity index (χ2n) is 10.5. The summed E-state index contributed by atoms with van der Waals surface area (Å²) >= 11 is 0. The molecule has 0 aromatic carbocycles. The molecule has 1 aromatic heterocycles. The lowest BCUT2D eigenvalue weighted by molar-refractivity contribution is -0.137. The van der Waals surface area contributed by atoms with Crippen molar-refractivity contribution in [2.45, 2.75) is 78.6 Å². The minimum Gasteiger partial charge on any atom is -0.462 e. The standard InChI is InChI=1S/C25H34O2/c1-16-7-9-19(27-16)14-17-15-22-20-10-8-18-6-4-5-12-24(18,2)21(20)11-13-25(22,3)23(17)26/h7,9,14,18,20-22H,4-6,8,10-13,15H2,1-3H3/b17-14-/t18-,20+,21+,22+,24-,25-/m0/s1. The lowest BCUT2D eigenvalue weighted by atomic mass is 9.45. The molecule has 146 valence electrons. The maximum Gasteiger partial charge on any atom is 0.165 e. The van der Waals surface area contributed by atoms with Crippen molar-refractivity contribution in [2.75, 3.05) is 0 Å². The lowest BCUT2D eigenvalue weighted by Gasteiger charge is -2.59. The highest BCUT2D eigenvalue weighted by Gasteiger charge is 2.60. The number of fused-ring (bicyclic) bond motifs is 5. The molecule has 1 heterocycles. The summed E-state index contributed by atoms with van der Waals surface area (Å²) in [5.74, 6) is 5.25. The zero-order valence-electron chi connectivity index (χ0n) is 17.2. The van der Waals surface area contributed by atoms with Crippen LogP contribution >= 0.6 is 0 Å². The lowest BCUT2D eigenvalue weighted by Crippen LogP contribution is -2.52. The average molecular weight is 367 g/mol. The van der Waals surface area contributed by atoms with E-state index in [-0.39, 0.29) is 5.41 Å². The number of carbonyl (C=O) groups excluding carboxylic acids is 1. The van der Waals surface area contributed by atoms with Crippen molar-refractivity contribution < 1.29 is 9.21 Å². The molecule has 0 N–H and O–H groups in total. The van der Waals surface area contributed by atoms with Crippen molar-refractivity contribution in [3.05, 3.63) is 29.2 Å². The fraction of sp³-hybridized carbons (Fsp3) is 0.720. The van der Waals surface area contributed by atoms with Crippen LogP contribution in [0.2, 0.25) is 0 Å². The molecular weight excluding hydrogens is 332 g/mol. The number of hydrogen-bond donors (Lipinski definition) is 0. The summed E-state index contributed by atoms with van der Waals surface area (Å²) in [6.45, 7) is 6.85. The molecule has 4 aliphatic rings. The molecule has 5 rings (SSSR count). The molecule has 0 unspecified atom stereocenters. The first kappa shape index (κ1) is 17.8. The van der Waals surface area contributed by atoms with E-state index in [1.807, 2.05) is 25.1 Å². The Balaban J connectivity index is 1.46. The maximum absolute atomic E-state index is 13.4. The second kappa shape index (κ2) is 6.09. The molecule has 0 spiro atoms. The number of carbonyl (C=O) groups is 1. The second-order valence-corrected chi connectivity index (χ2v) is 10.5. The van der Waals surface area contributed by atoms with Crippen LogP contribution < -0.4 is 0 Å². The first-order valence-corrected chi connectivity index (χ1v) is 11.2. The maximum atomic E-state index is 13.4. The normalized spacial score (nSPS) is 45.4. The predicted octanol–water partition coefficient (Wildman–Crippen LogP) is 6.58. The average Bonchev–Trinajstić information content (AvgIpc) is 3.16. The Morgan fingerprint density at radius 1 is 1.04 bits per heavy atom. The van der Waals surface area contributed by atoms with Gasteiger partial charge in [-0.15, -0.1) is 0 Å². The molecule has 2 heteroatoms. The van der Waals surface area contributed by atoms with Crippen LogP contribution in [0.5, 0.6) is 0 Å². The Morgan fingerprint density at radius 3 is 2.67 bits per heavy atom. The van der Waals surface area contributed by atoms with Crippen molar-refractivity contribution in [3.63, 3.8) is 0 Å². The van der Waals surface area contributed by atoms with Crippen LogP contribution in [0.3, 0.4) is 0 Å². The molecule has 0 radical (unpaired) electrons. The molecule has 6 atom stereocenters. The van der Waals surface area contributed by atoms with Crippen LogP contribution in [0.1, 0.15) is 83.2 Å². The molecular formula is C25H34O2. The topological polar surface area (TPSA) is 30.2 Å². The highest BCUT2D eigenvalue weighted by Crippen LogP contribution is 2.66. The SMILES string of the molecule is Cc1ccc(/C=C2/C[C@@H]3[C@@H]4CC[C@@H]5CCCC[C@]5(C)[C@@H]4CC[C@]3(C)C2=O)o1.